The molecule has 19 heavy (non-hydrogen) atoms. The number of allylic oxidation sites excluding steroid dienone is 1. The highest BCUT2D eigenvalue weighted by molar-refractivity contribution is 6.01. The lowest BCUT2D eigenvalue weighted by Gasteiger charge is -2.30. The summed E-state index contributed by atoms with van der Waals surface area (Å²) in [5.41, 5.74) is 5.22. The van der Waals surface area contributed by atoms with E-state index >= 15 is 0 Å². The van der Waals surface area contributed by atoms with Crippen LogP contribution in [-0.2, 0) is 12.8 Å². The molecular formula is C18H22O. The molecule has 2 atom stereocenters. The molecular weight excluding hydrogens is 232 g/mol. The van der Waals surface area contributed by atoms with Crippen LogP contribution >= 0.6 is 0 Å². The Morgan fingerprint density at radius 1 is 1.26 bits per heavy atom. The number of hydrogen-bond donors (Lipinski definition) is 0. The van der Waals surface area contributed by atoms with Crippen molar-refractivity contribution in [3.63, 3.8) is 0 Å². The summed E-state index contributed by atoms with van der Waals surface area (Å²) in [6.07, 6.45) is 8.60. The lowest BCUT2D eigenvalue weighted by atomic mass is 9.73. The van der Waals surface area contributed by atoms with Crippen LogP contribution < -0.4 is 0 Å². The first-order valence-corrected chi connectivity index (χ1v) is 7.51. The number of benzene rings is 1. The summed E-state index contributed by atoms with van der Waals surface area (Å²) < 4.78 is 0. The fraction of sp³-hybridized carbons (Fsp3) is 0.500. The number of aryl methyl sites for hydroxylation is 2. The van der Waals surface area contributed by atoms with Crippen LogP contribution in [0.3, 0.4) is 0 Å². The Morgan fingerprint density at radius 3 is 2.63 bits per heavy atom. The van der Waals surface area contributed by atoms with Gasteiger partial charge in [-0.3, -0.25) is 4.79 Å². The van der Waals surface area contributed by atoms with Crippen molar-refractivity contribution in [1.82, 2.24) is 0 Å². The van der Waals surface area contributed by atoms with Crippen molar-refractivity contribution < 1.29 is 4.79 Å². The Bertz CT molecular complexity index is 527. The fourth-order valence-corrected chi connectivity index (χ4v) is 3.71. The first kappa shape index (κ1) is 12.7. The normalized spacial score (nSPS) is 25.6. The smallest absolute Gasteiger partial charge is 0.166 e. The van der Waals surface area contributed by atoms with E-state index in [1.54, 1.807) is 0 Å². The van der Waals surface area contributed by atoms with Crippen molar-refractivity contribution in [3.05, 3.63) is 47.0 Å². The molecule has 0 saturated carbocycles. The van der Waals surface area contributed by atoms with E-state index < -0.39 is 0 Å². The minimum absolute atomic E-state index is 0.154. The molecule has 1 aromatic carbocycles. The number of Topliss-reactive ketones (excluding diaryl/α,β-unsaturated/α-hetero) is 1. The summed E-state index contributed by atoms with van der Waals surface area (Å²) in [7, 11) is 0. The second-order valence-electron chi connectivity index (χ2n) is 6.14. The van der Waals surface area contributed by atoms with Crippen LogP contribution in [0.2, 0.25) is 0 Å². The van der Waals surface area contributed by atoms with E-state index in [1.165, 1.54) is 36.0 Å². The highest BCUT2D eigenvalue weighted by Gasteiger charge is 2.31. The van der Waals surface area contributed by atoms with E-state index in [0.29, 0.717) is 11.7 Å². The van der Waals surface area contributed by atoms with Crippen LogP contribution in [-0.4, -0.2) is 5.78 Å². The van der Waals surface area contributed by atoms with E-state index in [9.17, 15) is 4.79 Å². The van der Waals surface area contributed by atoms with Gasteiger partial charge in [0, 0.05) is 11.5 Å². The summed E-state index contributed by atoms with van der Waals surface area (Å²) in [6.45, 7) is 6.05. The Balaban J connectivity index is 2.05. The van der Waals surface area contributed by atoms with Gasteiger partial charge < -0.3 is 0 Å². The quantitative estimate of drug-likeness (QED) is 0.713. The van der Waals surface area contributed by atoms with Crippen LogP contribution in [0.5, 0.6) is 0 Å². The van der Waals surface area contributed by atoms with Gasteiger partial charge in [0.2, 0.25) is 0 Å². The lowest BCUT2D eigenvalue weighted by Crippen LogP contribution is -2.25. The molecule has 0 spiro atoms. The van der Waals surface area contributed by atoms with Crippen molar-refractivity contribution in [2.75, 3.05) is 0 Å². The second kappa shape index (κ2) is 4.96. The molecule has 0 aromatic heterocycles. The number of ketones is 1. The van der Waals surface area contributed by atoms with E-state index in [1.807, 2.05) is 6.08 Å². The molecule has 2 unspecified atom stereocenters. The van der Waals surface area contributed by atoms with Crippen molar-refractivity contribution >= 4 is 5.78 Å². The van der Waals surface area contributed by atoms with Gasteiger partial charge >= 0.3 is 0 Å². The molecule has 0 amide bonds. The molecule has 0 radical (unpaired) electrons. The number of carbonyl (C=O) groups is 1. The maximum absolute atomic E-state index is 12.6. The highest BCUT2D eigenvalue weighted by atomic mass is 16.1. The molecule has 0 aliphatic heterocycles. The molecule has 0 bridgehead atoms. The standard InChI is InChI=1S/C18H22O/c1-3-6-15-9-12(2)16-10-13-7-4-5-8-14(13)11-17(16)18(15)19/h3,10-12,15H,1,4-9H2,2H3. The zero-order chi connectivity index (χ0) is 13.4. The molecule has 1 nitrogen and oxygen atoms in total. The molecule has 0 saturated heterocycles. The molecule has 1 heteroatoms. The van der Waals surface area contributed by atoms with Gasteiger partial charge in [0.05, 0.1) is 0 Å². The van der Waals surface area contributed by atoms with Gasteiger partial charge in [-0.2, -0.15) is 0 Å². The number of fused-ring (bicyclic) bond motifs is 2. The van der Waals surface area contributed by atoms with E-state index in [0.717, 1.165) is 24.8 Å². The highest BCUT2D eigenvalue weighted by Crippen LogP contribution is 2.38. The zero-order valence-electron chi connectivity index (χ0n) is 11.7. The van der Waals surface area contributed by atoms with Gasteiger partial charge in [0.15, 0.2) is 5.78 Å². The summed E-state index contributed by atoms with van der Waals surface area (Å²) in [6, 6.07) is 4.54. The van der Waals surface area contributed by atoms with E-state index in [4.69, 9.17) is 0 Å². The third-order valence-electron chi connectivity index (χ3n) is 4.77. The molecule has 1 aromatic rings. The third-order valence-corrected chi connectivity index (χ3v) is 4.77. The van der Waals surface area contributed by atoms with Crippen LogP contribution in [0.15, 0.2) is 24.8 Å². The van der Waals surface area contributed by atoms with Gasteiger partial charge in [0.25, 0.3) is 0 Å². The largest absolute Gasteiger partial charge is 0.294 e. The first-order chi connectivity index (χ1) is 9.20. The fourth-order valence-electron chi connectivity index (χ4n) is 3.71. The van der Waals surface area contributed by atoms with Gasteiger partial charge in [-0.05, 0) is 67.2 Å². The van der Waals surface area contributed by atoms with E-state index in [-0.39, 0.29) is 5.92 Å². The second-order valence-corrected chi connectivity index (χ2v) is 6.14. The maximum Gasteiger partial charge on any atom is 0.166 e. The Morgan fingerprint density at radius 2 is 1.95 bits per heavy atom. The molecule has 100 valence electrons. The van der Waals surface area contributed by atoms with Crippen LogP contribution in [0.25, 0.3) is 0 Å². The predicted molar refractivity (Wildman–Crippen MR) is 78.8 cm³/mol. The number of carbonyl (C=O) groups excluding carboxylic acids is 1. The van der Waals surface area contributed by atoms with Crippen molar-refractivity contribution in [2.45, 2.75) is 51.4 Å². The van der Waals surface area contributed by atoms with Crippen molar-refractivity contribution in [3.8, 4) is 0 Å². The van der Waals surface area contributed by atoms with Gasteiger partial charge in [-0.25, -0.2) is 0 Å². The predicted octanol–water partition coefficient (Wildman–Crippen LogP) is 4.45. The average molecular weight is 254 g/mol. The summed E-state index contributed by atoms with van der Waals surface area (Å²) >= 11 is 0. The van der Waals surface area contributed by atoms with Crippen LogP contribution in [0.1, 0.15) is 65.6 Å². The monoisotopic (exact) mass is 254 g/mol. The minimum Gasteiger partial charge on any atom is -0.294 e. The SMILES string of the molecule is C=CCC1CC(C)c2cc3c(cc2C1=O)CCCC3. The van der Waals surface area contributed by atoms with Gasteiger partial charge in [0.1, 0.15) is 0 Å². The summed E-state index contributed by atoms with van der Waals surface area (Å²) in [4.78, 5) is 12.6. The first-order valence-electron chi connectivity index (χ1n) is 7.51. The topological polar surface area (TPSA) is 17.1 Å². The molecule has 2 aliphatic carbocycles. The van der Waals surface area contributed by atoms with Crippen LogP contribution in [0.4, 0.5) is 0 Å². The molecule has 2 aliphatic rings. The zero-order valence-corrected chi connectivity index (χ0v) is 11.7. The molecule has 0 N–H and O–H groups in total. The minimum atomic E-state index is 0.154. The Kier molecular flexibility index (Phi) is 3.30. The number of hydrogen-bond acceptors (Lipinski definition) is 1. The van der Waals surface area contributed by atoms with Crippen LogP contribution in [0, 0.1) is 5.92 Å². The Labute approximate surface area is 115 Å². The third kappa shape index (κ3) is 2.16. The van der Waals surface area contributed by atoms with Gasteiger partial charge in [-0.1, -0.05) is 19.1 Å². The summed E-state index contributed by atoms with van der Waals surface area (Å²) in [5, 5.41) is 0. The van der Waals surface area contributed by atoms with Crippen molar-refractivity contribution in [1.29, 1.82) is 0 Å². The molecule has 3 rings (SSSR count). The molecule has 0 fully saturated rings. The summed E-state index contributed by atoms with van der Waals surface area (Å²) in [5.74, 6) is 1.01. The average Bonchev–Trinajstić information content (AvgIpc) is 2.43. The van der Waals surface area contributed by atoms with Gasteiger partial charge in [-0.15, -0.1) is 6.58 Å². The number of rotatable bonds is 2. The maximum atomic E-state index is 12.6. The lowest BCUT2D eigenvalue weighted by molar-refractivity contribution is 0.0895. The molecule has 0 heterocycles. The van der Waals surface area contributed by atoms with E-state index in [2.05, 4.69) is 25.6 Å². The Hall–Kier alpha value is -1.37. The van der Waals surface area contributed by atoms with Crippen molar-refractivity contribution in [2.24, 2.45) is 5.92 Å².